The zero-order chi connectivity index (χ0) is 21.9. The van der Waals surface area contributed by atoms with E-state index < -0.39 is 34.0 Å². The van der Waals surface area contributed by atoms with Gasteiger partial charge in [0.2, 0.25) is 0 Å². The first-order valence-corrected chi connectivity index (χ1v) is 11.1. The molecule has 2 saturated heterocycles. The van der Waals surface area contributed by atoms with Crippen LogP contribution in [-0.2, 0) is 19.7 Å². The second kappa shape index (κ2) is 5.60. The van der Waals surface area contributed by atoms with E-state index in [1.54, 1.807) is 0 Å². The molecule has 6 unspecified atom stereocenters. The Hall–Kier alpha value is -2.16. The number of esters is 1. The first-order valence-electron chi connectivity index (χ1n) is 11.1. The molecule has 1 N–H and O–H groups in total. The molecule has 3 aliphatic carbocycles. The maximum atomic E-state index is 14.2. The molecule has 1 aromatic carbocycles. The number of hydroxylamine groups is 3. The molecule has 3 saturated carbocycles. The van der Waals surface area contributed by atoms with Crippen LogP contribution in [-0.4, -0.2) is 66.3 Å². The van der Waals surface area contributed by atoms with Crippen molar-refractivity contribution in [2.75, 3.05) is 32.2 Å². The number of hydrogen-bond acceptors (Lipinski definition) is 6. The van der Waals surface area contributed by atoms with Crippen LogP contribution in [0.1, 0.15) is 44.1 Å². The number of carbonyl (C=O) groups excluding carboxylic acids is 2. The van der Waals surface area contributed by atoms with Crippen molar-refractivity contribution >= 4 is 17.7 Å². The van der Waals surface area contributed by atoms with E-state index in [1.165, 1.54) is 19.1 Å². The molecule has 6 aliphatic rings. The van der Waals surface area contributed by atoms with E-state index in [0.717, 1.165) is 18.4 Å². The summed E-state index contributed by atoms with van der Waals surface area (Å²) in [5.41, 5.74) is -2.99. The summed E-state index contributed by atoms with van der Waals surface area (Å²) in [4.78, 5) is 28.1. The van der Waals surface area contributed by atoms with Crippen LogP contribution in [0.15, 0.2) is 24.3 Å². The quantitative estimate of drug-likeness (QED) is 0.418. The number of quaternary nitrogens is 1. The average Bonchev–Trinajstić information content (AvgIpc) is 3.24. The topological polar surface area (TPSA) is 99.1 Å². The fourth-order valence-electron chi connectivity index (χ4n) is 8.99. The van der Waals surface area contributed by atoms with Gasteiger partial charge in [0.05, 0.1) is 38.4 Å². The first kappa shape index (κ1) is 19.5. The van der Waals surface area contributed by atoms with Gasteiger partial charge in [-0.2, -0.15) is 0 Å². The number of ether oxygens (including phenoxy) is 2. The molecule has 1 amide bonds. The molecule has 0 radical (unpaired) electrons. The lowest BCUT2D eigenvalue weighted by Crippen LogP contribution is -2.87. The maximum Gasteiger partial charge on any atom is 0.414 e. The summed E-state index contributed by atoms with van der Waals surface area (Å²) in [7, 11) is 2.58. The second-order valence-electron chi connectivity index (χ2n) is 10.2. The van der Waals surface area contributed by atoms with Crippen LogP contribution < -0.4 is 4.90 Å². The number of aliphatic hydroxyl groups is 1. The van der Waals surface area contributed by atoms with E-state index >= 15 is 0 Å². The molecule has 31 heavy (non-hydrogen) atoms. The molecule has 166 valence electrons. The van der Waals surface area contributed by atoms with Crippen LogP contribution in [0.25, 0.3) is 0 Å². The number of benzene rings is 1. The summed E-state index contributed by atoms with van der Waals surface area (Å²) < 4.78 is 10.1. The van der Waals surface area contributed by atoms with Crippen molar-refractivity contribution in [3.8, 4) is 0 Å². The summed E-state index contributed by atoms with van der Waals surface area (Å²) in [6.07, 6.45) is 2.75. The Morgan fingerprint density at radius 3 is 2.65 bits per heavy atom. The number of nitrogens with zero attached hydrogens (tertiary/aromatic N) is 2. The van der Waals surface area contributed by atoms with Gasteiger partial charge in [-0.05, 0) is 37.3 Å². The number of anilines is 1. The number of hydrogen-bond donors (Lipinski definition) is 1. The molecular weight excluding hydrogens is 400 g/mol. The Balaban J connectivity index is 1.75. The molecule has 3 heterocycles. The summed E-state index contributed by atoms with van der Waals surface area (Å²) in [5.74, 6) is -0.729. The van der Waals surface area contributed by atoms with Gasteiger partial charge >= 0.3 is 12.1 Å². The van der Waals surface area contributed by atoms with Gasteiger partial charge in [0.25, 0.3) is 0 Å². The summed E-state index contributed by atoms with van der Waals surface area (Å²) in [6, 6.07) is 7.26. The average molecular weight is 428 g/mol. The number of carbonyl (C=O) groups is 2. The van der Waals surface area contributed by atoms with Gasteiger partial charge in [-0.25, -0.2) is 9.59 Å². The minimum absolute atomic E-state index is 0.142. The molecule has 1 aromatic rings. The monoisotopic (exact) mass is 428 g/mol. The van der Waals surface area contributed by atoms with Crippen LogP contribution in [0.2, 0.25) is 0 Å². The van der Waals surface area contributed by atoms with Gasteiger partial charge in [0, 0.05) is 18.3 Å². The molecule has 5 fully saturated rings. The molecule has 6 atom stereocenters. The fraction of sp³-hybridized carbons (Fsp3) is 0.652. The molecule has 3 spiro atoms. The predicted octanol–water partition coefficient (Wildman–Crippen LogP) is 2.22. The molecule has 2 bridgehead atoms. The summed E-state index contributed by atoms with van der Waals surface area (Å²) >= 11 is 0. The van der Waals surface area contributed by atoms with Gasteiger partial charge in [0.1, 0.15) is 11.6 Å². The van der Waals surface area contributed by atoms with E-state index in [2.05, 4.69) is 0 Å². The lowest BCUT2D eigenvalue weighted by Gasteiger charge is -2.72. The maximum absolute atomic E-state index is 14.2. The number of para-hydroxylation sites is 1. The minimum Gasteiger partial charge on any atom is -0.633 e. The number of piperidine rings is 1. The Labute approximate surface area is 180 Å². The van der Waals surface area contributed by atoms with Crippen molar-refractivity contribution in [2.24, 2.45) is 5.41 Å². The van der Waals surface area contributed by atoms with E-state index in [-0.39, 0.29) is 17.1 Å². The van der Waals surface area contributed by atoms with Gasteiger partial charge < -0.3 is 24.4 Å². The summed E-state index contributed by atoms with van der Waals surface area (Å²) in [5, 5.41) is 26.5. The van der Waals surface area contributed by atoms with E-state index in [4.69, 9.17) is 9.47 Å². The Kier molecular flexibility index (Phi) is 3.53. The van der Waals surface area contributed by atoms with Crippen molar-refractivity contribution in [1.82, 2.24) is 0 Å². The van der Waals surface area contributed by atoms with Crippen molar-refractivity contribution < 1.29 is 28.8 Å². The lowest BCUT2D eigenvalue weighted by molar-refractivity contribution is -0.912. The SMILES string of the molecule is COC(=O)N1c2ccccc2C23CC[N+]4([O-])CCCC5(CCC12C(O)(C(=O)OC)C5)C34. The zero-order valence-electron chi connectivity index (χ0n) is 17.9. The van der Waals surface area contributed by atoms with Crippen molar-refractivity contribution in [1.29, 1.82) is 0 Å². The molecule has 8 heteroatoms. The third kappa shape index (κ3) is 1.76. The highest BCUT2D eigenvalue weighted by Crippen LogP contribution is 2.78. The first-order chi connectivity index (χ1) is 14.8. The smallest absolute Gasteiger partial charge is 0.414 e. The standard InChI is InChI=1S/C23H28N2O6/c1-30-18(26)22(28)14-20-8-5-12-25(29)13-11-21(17(20)25)15-6-3-4-7-16(15)24(19(27)31-2)23(21,22)10-9-20/h3-4,6-7,17,28H,5,8-14H2,1-2H3. The third-order valence-electron chi connectivity index (χ3n) is 9.52. The van der Waals surface area contributed by atoms with Crippen LogP contribution in [0.3, 0.4) is 0 Å². The van der Waals surface area contributed by atoms with Gasteiger partial charge in [0.15, 0.2) is 5.60 Å². The molecular formula is C23H28N2O6. The van der Waals surface area contributed by atoms with Gasteiger partial charge in [-0.3, -0.25) is 4.90 Å². The van der Waals surface area contributed by atoms with Gasteiger partial charge in [-0.1, -0.05) is 18.2 Å². The molecule has 0 aromatic heterocycles. The normalized spacial score (nSPS) is 46.2. The minimum atomic E-state index is -1.92. The van der Waals surface area contributed by atoms with Crippen molar-refractivity contribution in [3.63, 3.8) is 0 Å². The van der Waals surface area contributed by atoms with Crippen LogP contribution in [0.5, 0.6) is 0 Å². The van der Waals surface area contributed by atoms with E-state index in [9.17, 15) is 19.9 Å². The van der Waals surface area contributed by atoms with Crippen LogP contribution in [0.4, 0.5) is 10.5 Å². The van der Waals surface area contributed by atoms with Gasteiger partial charge in [-0.15, -0.1) is 0 Å². The van der Waals surface area contributed by atoms with E-state index in [1.807, 2.05) is 24.3 Å². The highest BCUT2D eigenvalue weighted by atomic mass is 16.6. The van der Waals surface area contributed by atoms with Crippen LogP contribution >= 0.6 is 0 Å². The fourth-order valence-corrected chi connectivity index (χ4v) is 8.99. The number of fused-ring (bicyclic) bond motifs is 3. The molecule has 8 nitrogen and oxygen atoms in total. The molecule has 7 rings (SSSR count). The number of amides is 1. The highest BCUT2D eigenvalue weighted by Gasteiger charge is 2.89. The molecule has 3 aliphatic heterocycles. The highest BCUT2D eigenvalue weighted by molar-refractivity contribution is 5.99. The Morgan fingerprint density at radius 1 is 1.13 bits per heavy atom. The van der Waals surface area contributed by atoms with Crippen molar-refractivity contribution in [3.05, 3.63) is 35.0 Å². The Morgan fingerprint density at radius 2 is 1.90 bits per heavy atom. The zero-order valence-corrected chi connectivity index (χ0v) is 17.9. The largest absolute Gasteiger partial charge is 0.633 e. The Bertz CT molecular complexity index is 1020. The lowest BCUT2D eigenvalue weighted by atomic mass is 9.37. The summed E-state index contributed by atoms with van der Waals surface area (Å²) in [6.45, 7) is 0.968. The predicted molar refractivity (Wildman–Crippen MR) is 110 cm³/mol. The van der Waals surface area contributed by atoms with Crippen LogP contribution in [0, 0.1) is 10.6 Å². The third-order valence-corrected chi connectivity index (χ3v) is 9.52. The second-order valence-corrected chi connectivity index (χ2v) is 10.2. The van der Waals surface area contributed by atoms with Crippen molar-refractivity contribution in [2.45, 2.75) is 61.1 Å². The number of rotatable bonds is 1. The number of methoxy groups -OCH3 is 2. The van der Waals surface area contributed by atoms with E-state index in [0.29, 0.717) is 38.0 Å².